The maximum Gasteiger partial charge on any atom is 0.323 e. The number of nitrogens with two attached hydrogens (primary N) is 1. The summed E-state index contributed by atoms with van der Waals surface area (Å²) in [6.07, 6.45) is 2.50. The highest BCUT2D eigenvalue weighted by molar-refractivity contribution is 5.92. The van der Waals surface area contributed by atoms with Gasteiger partial charge in [0.2, 0.25) is 0 Å². The summed E-state index contributed by atoms with van der Waals surface area (Å²) in [5.41, 5.74) is 7.46. The molecule has 1 aromatic carbocycles. The van der Waals surface area contributed by atoms with Gasteiger partial charge in [-0.3, -0.25) is 5.32 Å². The fourth-order valence-electron chi connectivity index (χ4n) is 3.49. The maximum atomic E-state index is 14.1. The Kier molecular flexibility index (Phi) is 5.26. The summed E-state index contributed by atoms with van der Waals surface area (Å²) in [5, 5.41) is 2.70. The van der Waals surface area contributed by atoms with E-state index in [0.29, 0.717) is 18.9 Å². The van der Waals surface area contributed by atoms with Crippen LogP contribution in [0.25, 0.3) is 11.3 Å². The number of carbonyl (C=O) groups excluding carboxylic acids is 1. The first-order chi connectivity index (χ1) is 14.4. The van der Waals surface area contributed by atoms with E-state index in [1.807, 2.05) is 13.0 Å². The number of rotatable bonds is 3. The summed E-state index contributed by atoms with van der Waals surface area (Å²) in [4.78, 5) is 27.2. The average molecular weight is 410 g/mol. The number of aromatic nitrogens is 3. The second kappa shape index (κ2) is 8.02. The number of anilines is 2. The molecule has 2 aromatic heterocycles. The van der Waals surface area contributed by atoms with Crippen LogP contribution in [0.5, 0.6) is 0 Å². The number of hydrogen-bond donors (Lipinski definition) is 2. The lowest BCUT2D eigenvalue weighted by molar-refractivity contribution is 0.222. The van der Waals surface area contributed by atoms with Gasteiger partial charge in [0, 0.05) is 42.5 Å². The average Bonchev–Trinajstić information content (AvgIpc) is 3.20. The van der Waals surface area contributed by atoms with Gasteiger partial charge in [0.25, 0.3) is 0 Å². The van der Waals surface area contributed by atoms with Gasteiger partial charge in [0.05, 0.1) is 11.4 Å². The number of amides is 2. The monoisotopic (exact) mass is 410 g/mol. The van der Waals surface area contributed by atoms with Crippen LogP contribution in [0.4, 0.5) is 25.1 Å². The van der Waals surface area contributed by atoms with E-state index in [1.54, 1.807) is 11.1 Å². The number of benzene rings is 1. The van der Waals surface area contributed by atoms with Gasteiger partial charge in [-0.15, -0.1) is 0 Å². The second-order valence-electron chi connectivity index (χ2n) is 7.15. The number of hydrogen-bond acceptors (Lipinski definition) is 5. The molecule has 1 aliphatic heterocycles. The van der Waals surface area contributed by atoms with Gasteiger partial charge < -0.3 is 10.6 Å². The molecule has 1 fully saturated rings. The van der Waals surface area contributed by atoms with E-state index < -0.39 is 11.6 Å². The Morgan fingerprint density at radius 3 is 2.80 bits per heavy atom. The van der Waals surface area contributed by atoms with Crippen LogP contribution in [-0.4, -0.2) is 39.0 Å². The minimum absolute atomic E-state index is 0.118. The van der Waals surface area contributed by atoms with Crippen molar-refractivity contribution in [2.75, 3.05) is 24.1 Å². The third-order valence-electron chi connectivity index (χ3n) is 5.05. The molecular formula is C21H20F2N6O. The van der Waals surface area contributed by atoms with Crippen molar-refractivity contribution in [1.82, 2.24) is 19.9 Å². The Balaban J connectivity index is 1.49. The summed E-state index contributed by atoms with van der Waals surface area (Å²) in [6.45, 7) is 2.90. The number of aryl methyl sites for hydroxylation is 1. The third-order valence-corrected chi connectivity index (χ3v) is 5.05. The minimum Gasteiger partial charge on any atom is -0.396 e. The smallest absolute Gasteiger partial charge is 0.323 e. The number of urea groups is 1. The zero-order chi connectivity index (χ0) is 21.3. The third kappa shape index (κ3) is 4.05. The summed E-state index contributed by atoms with van der Waals surface area (Å²) < 4.78 is 27.3. The van der Waals surface area contributed by atoms with Crippen LogP contribution in [-0.2, 0) is 0 Å². The van der Waals surface area contributed by atoms with Crippen LogP contribution in [0.1, 0.15) is 23.9 Å². The molecule has 0 saturated carbocycles. The van der Waals surface area contributed by atoms with Crippen molar-refractivity contribution in [1.29, 1.82) is 0 Å². The van der Waals surface area contributed by atoms with Crippen molar-refractivity contribution in [3.63, 3.8) is 0 Å². The van der Waals surface area contributed by atoms with Crippen LogP contribution in [0.3, 0.4) is 0 Å². The molecule has 2 amide bonds. The molecule has 0 bridgehead atoms. The molecular weight excluding hydrogens is 390 g/mol. The second-order valence-corrected chi connectivity index (χ2v) is 7.15. The van der Waals surface area contributed by atoms with Crippen LogP contribution in [0, 0.1) is 18.6 Å². The van der Waals surface area contributed by atoms with Gasteiger partial charge >= 0.3 is 6.03 Å². The van der Waals surface area contributed by atoms with E-state index in [2.05, 4.69) is 20.3 Å². The Bertz CT molecular complexity index is 1110. The van der Waals surface area contributed by atoms with Gasteiger partial charge in [-0.05, 0) is 43.7 Å². The lowest BCUT2D eigenvalue weighted by Crippen LogP contribution is -2.33. The maximum absolute atomic E-state index is 14.1. The summed E-state index contributed by atoms with van der Waals surface area (Å²) in [5.74, 6) is -0.475. The lowest BCUT2D eigenvalue weighted by atomic mass is 10.1. The number of halogens is 2. The number of pyridine rings is 1. The highest BCUT2D eigenvalue weighted by atomic mass is 19.1. The highest BCUT2D eigenvalue weighted by Gasteiger charge is 2.29. The van der Waals surface area contributed by atoms with Crippen molar-refractivity contribution in [2.24, 2.45) is 0 Å². The quantitative estimate of drug-likeness (QED) is 0.686. The first kappa shape index (κ1) is 19.7. The number of carbonyl (C=O) groups is 1. The standard InChI is InChI=1S/C21H20F2N6O/c1-12-25-8-6-18(26-12)13-7-9-29(11-13)21(30)28-20-17(24)4-5-19(27-20)15-3-2-14(22)10-16(15)23/h2-6,8,10,13H,7,9,11,24H2,1H3,(H,27,28,30). The molecule has 0 aliphatic carbocycles. The molecule has 3 aromatic rings. The van der Waals surface area contributed by atoms with Crippen molar-refractivity contribution >= 4 is 17.5 Å². The predicted octanol–water partition coefficient (Wildman–Crippen LogP) is 3.73. The van der Waals surface area contributed by atoms with Gasteiger partial charge in [-0.2, -0.15) is 0 Å². The fourth-order valence-corrected chi connectivity index (χ4v) is 3.49. The zero-order valence-corrected chi connectivity index (χ0v) is 16.3. The fraction of sp³-hybridized carbons (Fsp3) is 0.238. The molecule has 1 atom stereocenters. The van der Waals surface area contributed by atoms with Crippen LogP contribution in [0.15, 0.2) is 42.6 Å². The van der Waals surface area contributed by atoms with Crippen molar-refractivity contribution in [3.8, 4) is 11.3 Å². The van der Waals surface area contributed by atoms with Gasteiger partial charge in [-0.25, -0.2) is 28.5 Å². The number of nitrogens with zero attached hydrogens (tertiary/aromatic N) is 4. The normalized spacial score (nSPS) is 16.0. The summed E-state index contributed by atoms with van der Waals surface area (Å²) in [7, 11) is 0. The molecule has 3 heterocycles. The van der Waals surface area contributed by atoms with E-state index in [9.17, 15) is 13.6 Å². The molecule has 1 unspecified atom stereocenters. The van der Waals surface area contributed by atoms with Gasteiger partial charge in [0.1, 0.15) is 17.5 Å². The topological polar surface area (TPSA) is 97.0 Å². The first-order valence-corrected chi connectivity index (χ1v) is 9.48. The van der Waals surface area contributed by atoms with E-state index in [0.717, 1.165) is 24.2 Å². The molecule has 7 nitrogen and oxygen atoms in total. The SMILES string of the molecule is Cc1nccc(C2CCN(C(=O)Nc3nc(-c4ccc(F)cc4F)ccc3N)C2)n1. The van der Waals surface area contributed by atoms with Crippen LogP contribution < -0.4 is 11.1 Å². The number of nitrogens with one attached hydrogen (secondary N) is 1. The van der Waals surface area contributed by atoms with Crippen LogP contribution in [0.2, 0.25) is 0 Å². The molecule has 1 saturated heterocycles. The minimum atomic E-state index is -0.743. The van der Waals surface area contributed by atoms with Gasteiger partial charge in [-0.1, -0.05) is 0 Å². The number of likely N-dealkylation sites (tertiary alicyclic amines) is 1. The van der Waals surface area contributed by atoms with E-state index in [4.69, 9.17) is 5.73 Å². The largest absolute Gasteiger partial charge is 0.396 e. The Morgan fingerprint density at radius 2 is 2.03 bits per heavy atom. The summed E-state index contributed by atoms with van der Waals surface area (Å²) >= 11 is 0. The van der Waals surface area contributed by atoms with E-state index in [-0.39, 0.29) is 34.7 Å². The molecule has 0 radical (unpaired) electrons. The van der Waals surface area contributed by atoms with E-state index in [1.165, 1.54) is 18.2 Å². The lowest BCUT2D eigenvalue weighted by Gasteiger charge is -2.18. The molecule has 3 N–H and O–H groups in total. The molecule has 9 heteroatoms. The van der Waals surface area contributed by atoms with Crippen molar-refractivity contribution < 1.29 is 13.6 Å². The molecule has 4 rings (SSSR count). The zero-order valence-electron chi connectivity index (χ0n) is 16.3. The Morgan fingerprint density at radius 1 is 1.20 bits per heavy atom. The Labute approximate surface area is 172 Å². The number of nitrogen functional groups attached to an aromatic ring is 1. The first-order valence-electron chi connectivity index (χ1n) is 9.48. The van der Waals surface area contributed by atoms with E-state index >= 15 is 0 Å². The highest BCUT2D eigenvalue weighted by Crippen LogP contribution is 2.28. The predicted molar refractivity (Wildman–Crippen MR) is 109 cm³/mol. The van der Waals surface area contributed by atoms with Gasteiger partial charge in [0.15, 0.2) is 5.82 Å². The molecule has 1 aliphatic rings. The van der Waals surface area contributed by atoms with Crippen LogP contribution >= 0.6 is 0 Å². The molecule has 30 heavy (non-hydrogen) atoms. The van der Waals surface area contributed by atoms with Crippen molar-refractivity contribution in [3.05, 3.63) is 65.7 Å². The molecule has 154 valence electrons. The Hall–Kier alpha value is -3.62. The van der Waals surface area contributed by atoms with Crippen molar-refractivity contribution in [2.45, 2.75) is 19.3 Å². The molecule has 0 spiro atoms. The summed E-state index contributed by atoms with van der Waals surface area (Å²) in [6, 6.07) is 7.78.